The molecule has 0 aromatic heterocycles. The van der Waals surface area contributed by atoms with Gasteiger partial charge in [0, 0.05) is 26.2 Å². The van der Waals surface area contributed by atoms with Gasteiger partial charge in [0.15, 0.2) is 0 Å². The molecule has 2 saturated heterocycles. The third-order valence-corrected chi connectivity index (χ3v) is 6.00. The minimum Gasteiger partial charge on any atom is -0.387 e. The molecule has 26 heavy (non-hydrogen) atoms. The molecule has 0 spiro atoms. The topological polar surface area (TPSA) is 43.8 Å². The van der Waals surface area contributed by atoms with Crippen molar-refractivity contribution in [2.45, 2.75) is 58.5 Å². The van der Waals surface area contributed by atoms with Crippen LogP contribution in [0, 0.1) is 19.8 Å². The highest BCUT2D eigenvalue weighted by atomic mass is 16.3. The molecule has 1 aromatic carbocycles. The molecule has 1 aromatic rings. The van der Waals surface area contributed by atoms with Gasteiger partial charge in [-0.25, -0.2) is 0 Å². The number of nitrogens with zero attached hydrogens (tertiary/aromatic N) is 2. The Bertz CT molecular complexity index is 608. The van der Waals surface area contributed by atoms with Crippen LogP contribution in [0.5, 0.6) is 0 Å². The zero-order valence-corrected chi connectivity index (χ0v) is 16.4. The van der Waals surface area contributed by atoms with Gasteiger partial charge in [-0.05, 0) is 57.2 Å². The SMILES string of the molecule is Cc1ccc(C)c([C@@H](O)CN2CCC[C@@H](C(=O)N3CCCCCC3)C2)c1. The van der Waals surface area contributed by atoms with E-state index in [4.69, 9.17) is 0 Å². The highest BCUT2D eigenvalue weighted by Gasteiger charge is 2.30. The van der Waals surface area contributed by atoms with Crippen molar-refractivity contribution < 1.29 is 9.90 Å². The van der Waals surface area contributed by atoms with E-state index >= 15 is 0 Å². The van der Waals surface area contributed by atoms with Crippen LogP contribution in [0.25, 0.3) is 0 Å². The number of aliphatic hydroxyl groups is 1. The molecule has 0 saturated carbocycles. The predicted octanol–water partition coefficient (Wildman–Crippen LogP) is 3.45. The Morgan fingerprint density at radius 1 is 1.12 bits per heavy atom. The summed E-state index contributed by atoms with van der Waals surface area (Å²) in [5, 5.41) is 10.8. The summed E-state index contributed by atoms with van der Waals surface area (Å²) in [7, 11) is 0. The molecule has 144 valence electrons. The average Bonchev–Trinajstić information content (AvgIpc) is 2.92. The van der Waals surface area contributed by atoms with Crippen molar-refractivity contribution >= 4 is 5.91 Å². The van der Waals surface area contributed by atoms with Gasteiger partial charge in [-0.3, -0.25) is 9.69 Å². The molecule has 3 rings (SSSR count). The van der Waals surface area contributed by atoms with Crippen LogP contribution in [0.15, 0.2) is 18.2 Å². The second-order valence-electron chi connectivity index (χ2n) is 8.21. The first kappa shape index (κ1) is 19.4. The Morgan fingerprint density at radius 2 is 1.85 bits per heavy atom. The molecule has 0 aliphatic carbocycles. The van der Waals surface area contributed by atoms with Crippen LogP contribution in [0.1, 0.15) is 61.3 Å². The number of β-amino-alcohol motifs (C(OH)–C–C–N with tert-alkyl or cyclic N) is 1. The molecular formula is C22H34N2O2. The number of amides is 1. The number of likely N-dealkylation sites (tertiary alicyclic amines) is 2. The summed E-state index contributed by atoms with van der Waals surface area (Å²) in [4.78, 5) is 17.3. The van der Waals surface area contributed by atoms with Crippen molar-refractivity contribution in [3.8, 4) is 0 Å². The highest BCUT2D eigenvalue weighted by molar-refractivity contribution is 5.79. The van der Waals surface area contributed by atoms with Crippen molar-refractivity contribution in [2.75, 3.05) is 32.7 Å². The number of carbonyl (C=O) groups is 1. The summed E-state index contributed by atoms with van der Waals surface area (Å²) in [5.74, 6) is 0.450. The fraction of sp³-hybridized carbons (Fsp3) is 0.682. The monoisotopic (exact) mass is 358 g/mol. The average molecular weight is 359 g/mol. The summed E-state index contributed by atoms with van der Waals surface area (Å²) < 4.78 is 0. The van der Waals surface area contributed by atoms with E-state index in [1.165, 1.54) is 18.4 Å². The Kier molecular flexibility index (Phi) is 6.71. The summed E-state index contributed by atoms with van der Waals surface area (Å²) in [6.45, 7) is 8.37. The van der Waals surface area contributed by atoms with Gasteiger partial charge in [0.05, 0.1) is 12.0 Å². The smallest absolute Gasteiger partial charge is 0.226 e. The number of hydrogen-bond acceptors (Lipinski definition) is 3. The van der Waals surface area contributed by atoms with E-state index in [2.05, 4.69) is 41.8 Å². The molecule has 1 N–H and O–H groups in total. The molecule has 0 bridgehead atoms. The van der Waals surface area contributed by atoms with Gasteiger partial charge in [-0.15, -0.1) is 0 Å². The fourth-order valence-corrected chi connectivity index (χ4v) is 4.43. The number of piperidine rings is 1. The van der Waals surface area contributed by atoms with Gasteiger partial charge in [0.1, 0.15) is 0 Å². The number of aryl methyl sites for hydroxylation is 2. The van der Waals surface area contributed by atoms with E-state index in [-0.39, 0.29) is 5.92 Å². The number of hydrogen-bond donors (Lipinski definition) is 1. The lowest BCUT2D eigenvalue weighted by Crippen LogP contribution is -2.46. The van der Waals surface area contributed by atoms with Crippen LogP contribution in [0.4, 0.5) is 0 Å². The van der Waals surface area contributed by atoms with Crippen molar-refractivity contribution in [3.05, 3.63) is 34.9 Å². The van der Waals surface area contributed by atoms with E-state index in [0.29, 0.717) is 12.5 Å². The maximum Gasteiger partial charge on any atom is 0.226 e. The van der Waals surface area contributed by atoms with Gasteiger partial charge >= 0.3 is 0 Å². The highest BCUT2D eigenvalue weighted by Crippen LogP contribution is 2.25. The third-order valence-electron chi connectivity index (χ3n) is 6.00. The van der Waals surface area contributed by atoms with E-state index in [1.54, 1.807) is 0 Å². The van der Waals surface area contributed by atoms with Crippen LogP contribution in [0.2, 0.25) is 0 Å². The summed E-state index contributed by atoms with van der Waals surface area (Å²) in [6.07, 6.45) is 6.35. The quantitative estimate of drug-likeness (QED) is 0.896. The minimum absolute atomic E-state index is 0.104. The molecule has 2 aliphatic heterocycles. The van der Waals surface area contributed by atoms with Gasteiger partial charge in [-0.2, -0.15) is 0 Å². The largest absolute Gasteiger partial charge is 0.387 e. The van der Waals surface area contributed by atoms with Crippen molar-refractivity contribution in [1.29, 1.82) is 0 Å². The summed E-state index contributed by atoms with van der Waals surface area (Å²) in [5.41, 5.74) is 3.33. The molecular weight excluding hydrogens is 324 g/mol. The maximum atomic E-state index is 12.9. The van der Waals surface area contributed by atoms with Gasteiger partial charge < -0.3 is 10.0 Å². The van der Waals surface area contributed by atoms with E-state index < -0.39 is 6.10 Å². The van der Waals surface area contributed by atoms with Crippen LogP contribution in [-0.2, 0) is 4.79 Å². The summed E-state index contributed by atoms with van der Waals surface area (Å²) >= 11 is 0. The fourth-order valence-electron chi connectivity index (χ4n) is 4.43. The zero-order chi connectivity index (χ0) is 18.5. The third kappa shape index (κ3) is 4.86. The lowest BCUT2D eigenvalue weighted by Gasteiger charge is -2.35. The minimum atomic E-state index is -0.484. The van der Waals surface area contributed by atoms with Crippen LogP contribution >= 0.6 is 0 Å². The molecule has 2 aliphatic rings. The first-order chi connectivity index (χ1) is 12.5. The summed E-state index contributed by atoms with van der Waals surface area (Å²) in [6, 6.07) is 6.25. The number of benzene rings is 1. The second-order valence-corrected chi connectivity index (χ2v) is 8.21. The Morgan fingerprint density at radius 3 is 2.58 bits per heavy atom. The van der Waals surface area contributed by atoms with Crippen LogP contribution < -0.4 is 0 Å². The van der Waals surface area contributed by atoms with Crippen molar-refractivity contribution in [2.24, 2.45) is 5.92 Å². The van der Waals surface area contributed by atoms with E-state index in [1.807, 2.05) is 0 Å². The Balaban J connectivity index is 1.59. The number of aliphatic hydroxyl groups excluding tert-OH is 1. The first-order valence-corrected chi connectivity index (χ1v) is 10.3. The first-order valence-electron chi connectivity index (χ1n) is 10.3. The standard InChI is InChI=1S/C22H34N2O2/c1-17-9-10-18(2)20(14-17)21(25)16-23-11-7-8-19(15-23)22(26)24-12-5-3-4-6-13-24/h9-10,14,19,21,25H,3-8,11-13,15-16H2,1-2H3/t19-,21+/m1/s1. The molecule has 4 nitrogen and oxygen atoms in total. The van der Waals surface area contributed by atoms with Crippen molar-refractivity contribution in [1.82, 2.24) is 9.80 Å². The molecule has 0 radical (unpaired) electrons. The molecule has 4 heteroatoms. The van der Waals surface area contributed by atoms with Crippen molar-refractivity contribution in [3.63, 3.8) is 0 Å². The number of rotatable bonds is 4. The molecule has 0 unspecified atom stereocenters. The Labute approximate surface area is 158 Å². The normalized spacial score (nSPS) is 23.5. The van der Waals surface area contributed by atoms with E-state index in [9.17, 15) is 9.90 Å². The lowest BCUT2D eigenvalue weighted by molar-refractivity contribution is -0.137. The second kappa shape index (κ2) is 9.01. The van der Waals surface area contributed by atoms with Gasteiger partial charge in [-0.1, -0.05) is 36.6 Å². The molecule has 2 atom stereocenters. The van der Waals surface area contributed by atoms with Gasteiger partial charge in [0.2, 0.25) is 5.91 Å². The van der Waals surface area contributed by atoms with Gasteiger partial charge in [0.25, 0.3) is 0 Å². The molecule has 2 heterocycles. The maximum absolute atomic E-state index is 12.9. The molecule has 1 amide bonds. The predicted molar refractivity (Wildman–Crippen MR) is 105 cm³/mol. The van der Waals surface area contributed by atoms with E-state index in [0.717, 1.165) is 63.0 Å². The zero-order valence-electron chi connectivity index (χ0n) is 16.4. The van der Waals surface area contributed by atoms with Crippen LogP contribution in [0.3, 0.4) is 0 Å². The van der Waals surface area contributed by atoms with Crippen LogP contribution in [-0.4, -0.2) is 53.5 Å². The number of carbonyl (C=O) groups excluding carboxylic acids is 1. The molecule has 2 fully saturated rings. The Hall–Kier alpha value is -1.39. The lowest BCUT2D eigenvalue weighted by atomic mass is 9.95.